The number of nitrogens with zero attached hydrogens (tertiary/aromatic N) is 2. The second kappa shape index (κ2) is 14.5. The smallest absolute Gasteiger partial charge is 0.352 e. The summed E-state index contributed by atoms with van der Waals surface area (Å²) < 4.78 is 38.1. The molecule has 1 aromatic carbocycles. The number of rotatable bonds is 5. The van der Waals surface area contributed by atoms with Crippen molar-refractivity contribution in [2.24, 2.45) is 5.92 Å². The van der Waals surface area contributed by atoms with Gasteiger partial charge in [0.25, 0.3) is 5.91 Å². The van der Waals surface area contributed by atoms with Gasteiger partial charge in [-0.1, -0.05) is 32.4 Å². The third-order valence-electron chi connectivity index (χ3n) is 5.79. The van der Waals surface area contributed by atoms with Crippen LogP contribution in [0.4, 0.5) is 13.2 Å². The minimum atomic E-state index is -4.32. The largest absolute Gasteiger partial charge is 0.416 e. The summed E-state index contributed by atoms with van der Waals surface area (Å²) in [6.07, 6.45) is 2.37. The molecule has 0 bridgehead atoms. The number of pyridine rings is 1. The van der Waals surface area contributed by atoms with E-state index in [9.17, 15) is 18.0 Å². The van der Waals surface area contributed by atoms with E-state index in [1.165, 1.54) is 18.6 Å². The normalized spacial score (nSPS) is 15.9. The molecule has 2 aliphatic heterocycles. The van der Waals surface area contributed by atoms with Gasteiger partial charge in [0.1, 0.15) is 0 Å². The molecule has 1 fully saturated rings. The van der Waals surface area contributed by atoms with Gasteiger partial charge in [0.2, 0.25) is 0 Å². The topological polar surface area (TPSA) is 57.3 Å². The fourth-order valence-electron chi connectivity index (χ4n) is 4.04. The van der Waals surface area contributed by atoms with Crippen molar-refractivity contribution in [2.45, 2.75) is 58.9 Å². The summed E-state index contributed by atoms with van der Waals surface area (Å²) in [5.74, 6) is 0.404. The van der Waals surface area contributed by atoms with Crippen LogP contribution in [0.1, 0.15) is 65.9 Å². The van der Waals surface area contributed by atoms with E-state index in [-0.39, 0.29) is 5.91 Å². The standard InChI is InChI=1S/C22H25F3N4O.C3H8.CH4S/c23-22(24,25)19-3-1-16(2-4-19)12-29-13-18-9-17(11-27-20(18)14-29)21(30)28-10-15-5-7-26-8-6-15;1-3-2;1-2/h1-4,9,11,15,26H,5-8,10,12-14H2,(H,28,30);3H2,1-2H3;2H,1H3. The first-order valence-electron chi connectivity index (χ1n) is 12.1. The molecule has 2 aliphatic rings. The van der Waals surface area contributed by atoms with Crippen LogP contribution in [0.5, 0.6) is 0 Å². The van der Waals surface area contributed by atoms with Crippen molar-refractivity contribution >= 4 is 18.5 Å². The third-order valence-corrected chi connectivity index (χ3v) is 5.79. The van der Waals surface area contributed by atoms with Gasteiger partial charge in [-0.25, -0.2) is 0 Å². The number of piperidine rings is 1. The van der Waals surface area contributed by atoms with Crippen molar-refractivity contribution in [3.05, 3.63) is 64.5 Å². The van der Waals surface area contributed by atoms with E-state index in [0.717, 1.165) is 54.9 Å². The number of aromatic nitrogens is 1. The van der Waals surface area contributed by atoms with Gasteiger partial charge in [-0.2, -0.15) is 25.8 Å². The highest BCUT2D eigenvalue weighted by Gasteiger charge is 2.30. The van der Waals surface area contributed by atoms with Crippen molar-refractivity contribution in [2.75, 3.05) is 25.9 Å². The Hall–Kier alpha value is -2.10. The number of alkyl halides is 3. The van der Waals surface area contributed by atoms with Gasteiger partial charge in [0, 0.05) is 32.4 Å². The zero-order valence-electron chi connectivity index (χ0n) is 20.8. The molecule has 1 saturated heterocycles. The molecule has 1 aromatic heterocycles. The molecule has 0 radical (unpaired) electrons. The molecule has 0 unspecified atom stereocenters. The molecule has 5 nitrogen and oxygen atoms in total. The molecule has 4 rings (SSSR count). The SMILES string of the molecule is CCC.CS.O=C(NCC1CCNCC1)c1cnc2c(c1)CN(Cc1ccc(C(F)(F)F)cc1)C2. The second-order valence-electron chi connectivity index (χ2n) is 8.78. The number of amides is 1. The lowest BCUT2D eigenvalue weighted by molar-refractivity contribution is -0.137. The molecular formula is C26H37F3N4OS. The Bertz CT molecular complexity index is 916. The molecule has 2 aromatic rings. The van der Waals surface area contributed by atoms with E-state index in [1.54, 1.807) is 12.5 Å². The van der Waals surface area contributed by atoms with Crippen molar-refractivity contribution < 1.29 is 18.0 Å². The summed E-state index contributed by atoms with van der Waals surface area (Å²) in [6.45, 7) is 8.70. The lowest BCUT2D eigenvalue weighted by Crippen LogP contribution is -2.36. The first-order chi connectivity index (χ1) is 16.8. The first kappa shape index (κ1) is 29.1. The first-order valence-corrected chi connectivity index (χ1v) is 13.0. The molecule has 3 heterocycles. The monoisotopic (exact) mass is 510 g/mol. The number of nitrogens with one attached hydrogen (secondary N) is 2. The highest BCUT2D eigenvalue weighted by atomic mass is 32.1. The fraction of sp³-hybridized carbons (Fsp3) is 0.538. The number of hydrogen-bond donors (Lipinski definition) is 3. The number of benzene rings is 1. The van der Waals surface area contributed by atoms with E-state index < -0.39 is 11.7 Å². The summed E-state index contributed by atoms with van der Waals surface area (Å²) >= 11 is 3.53. The van der Waals surface area contributed by atoms with Gasteiger partial charge in [-0.15, -0.1) is 0 Å². The van der Waals surface area contributed by atoms with Crippen LogP contribution < -0.4 is 10.6 Å². The van der Waals surface area contributed by atoms with E-state index in [4.69, 9.17) is 0 Å². The summed E-state index contributed by atoms with van der Waals surface area (Å²) in [6, 6.07) is 7.13. The predicted molar refractivity (Wildman–Crippen MR) is 137 cm³/mol. The Balaban J connectivity index is 0.000000803. The maximum Gasteiger partial charge on any atom is 0.416 e. The Morgan fingerprint density at radius 2 is 1.77 bits per heavy atom. The van der Waals surface area contributed by atoms with Crippen LogP contribution in [-0.4, -0.2) is 41.7 Å². The van der Waals surface area contributed by atoms with Crippen LogP contribution in [0, 0.1) is 5.92 Å². The Labute approximate surface area is 212 Å². The molecule has 0 aliphatic carbocycles. The maximum atomic E-state index is 12.7. The number of carbonyl (C=O) groups is 1. The molecule has 35 heavy (non-hydrogen) atoms. The van der Waals surface area contributed by atoms with Gasteiger partial charge in [0.05, 0.1) is 16.8 Å². The molecule has 9 heteroatoms. The van der Waals surface area contributed by atoms with Gasteiger partial charge in [0.15, 0.2) is 0 Å². The van der Waals surface area contributed by atoms with Crippen LogP contribution in [0.2, 0.25) is 0 Å². The maximum absolute atomic E-state index is 12.7. The highest BCUT2D eigenvalue weighted by Crippen LogP contribution is 2.30. The Kier molecular flexibility index (Phi) is 12.0. The summed E-state index contributed by atoms with van der Waals surface area (Å²) in [5, 5.41) is 6.33. The van der Waals surface area contributed by atoms with Gasteiger partial charge in [-0.05, 0) is 67.4 Å². The van der Waals surface area contributed by atoms with Crippen LogP contribution in [-0.2, 0) is 25.8 Å². The van der Waals surface area contributed by atoms with E-state index >= 15 is 0 Å². The fourth-order valence-corrected chi connectivity index (χ4v) is 4.04. The molecule has 0 spiro atoms. The minimum absolute atomic E-state index is 0.106. The zero-order valence-corrected chi connectivity index (χ0v) is 21.7. The lowest BCUT2D eigenvalue weighted by atomic mass is 9.98. The minimum Gasteiger partial charge on any atom is -0.352 e. The Morgan fingerprint density at radius 1 is 1.14 bits per heavy atom. The van der Waals surface area contributed by atoms with Crippen LogP contribution in [0.15, 0.2) is 36.5 Å². The third kappa shape index (κ3) is 9.13. The zero-order chi connectivity index (χ0) is 25.8. The second-order valence-corrected chi connectivity index (χ2v) is 8.78. The van der Waals surface area contributed by atoms with Crippen LogP contribution in [0.3, 0.4) is 0 Å². The summed E-state index contributed by atoms with van der Waals surface area (Å²) in [4.78, 5) is 19.1. The highest BCUT2D eigenvalue weighted by molar-refractivity contribution is 7.79. The summed E-state index contributed by atoms with van der Waals surface area (Å²) in [5.41, 5.74) is 2.64. The van der Waals surface area contributed by atoms with Crippen LogP contribution >= 0.6 is 12.6 Å². The number of thiol groups is 1. The van der Waals surface area contributed by atoms with Gasteiger partial charge < -0.3 is 10.6 Å². The number of carbonyl (C=O) groups excluding carboxylic acids is 1. The van der Waals surface area contributed by atoms with Crippen molar-refractivity contribution in [3.63, 3.8) is 0 Å². The molecule has 2 N–H and O–H groups in total. The number of halogens is 3. The van der Waals surface area contributed by atoms with Crippen molar-refractivity contribution in [3.8, 4) is 0 Å². The molecule has 0 atom stereocenters. The van der Waals surface area contributed by atoms with E-state index in [1.807, 2.05) is 6.07 Å². The van der Waals surface area contributed by atoms with Gasteiger partial charge >= 0.3 is 6.18 Å². The van der Waals surface area contributed by atoms with E-state index in [0.29, 0.717) is 37.7 Å². The van der Waals surface area contributed by atoms with Crippen molar-refractivity contribution in [1.29, 1.82) is 0 Å². The average molecular weight is 511 g/mol. The quantitative estimate of drug-likeness (QED) is 0.478. The predicted octanol–water partition coefficient (Wildman–Crippen LogP) is 5.31. The average Bonchev–Trinajstić information content (AvgIpc) is 3.26. The van der Waals surface area contributed by atoms with Crippen LogP contribution in [0.25, 0.3) is 0 Å². The lowest BCUT2D eigenvalue weighted by Gasteiger charge is -2.22. The molecule has 1 amide bonds. The van der Waals surface area contributed by atoms with Crippen molar-refractivity contribution in [1.82, 2.24) is 20.5 Å². The van der Waals surface area contributed by atoms with Gasteiger partial charge in [-0.3, -0.25) is 14.7 Å². The molecular weight excluding hydrogens is 473 g/mol. The summed E-state index contributed by atoms with van der Waals surface area (Å²) in [7, 11) is 0. The number of hydrogen-bond acceptors (Lipinski definition) is 5. The van der Waals surface area contributed by atoms with E-state index in [2.05, 4.69) is 47.0 Å². The molecule has 194 valence electrons. The number of fused-ring (bicyclic) bond motifs is 1. The Morgan fingerprint density at radius 3 is 2.37 bits per heavy atom. The molecule has 0 saturated carbocycles.